The number of phenols is 2. The average Bonchev–Trinajstić information content (AvgIpc) is 2.37. The number of phenolic OH excluding ortho intramolecular Hbond substituents is 2. The summed E-state index contributed by atoms with van der Waals surface area (Å²) in [5.41, 5.74) is 0.690. The Hall–Kier alpha value is -1.30. The van der Waals surface area contributed by atoms with Gasteiger partial charge in [-0.25, -0.2) is 0 Å². The molecule has 102 valence electrons. The summed E-state index contributed by atoms with van der Waals surface area (Å²) in [5, 5.41) is 22.1. The van der Waals surface area contributed by atoms with Gasteiger partial charge in [0.05, 0.1) is 13.2 Å². The van der Waals surface area contributed by atoms with E-state index in [2.05, 4.69) is 5.32 Å². The molecule has 0 fully saturated rings. The second-order valence-electron chi connectivity index (χ2n) is 3.92. The molecule has 1 aromatic carbocycles. The molecule has 0 spiro atoms. The Kier molecular flexibility index (Phi) is 7.17. The molecule has 0 aromatic heterocycles. The molecule has 5 nitrogen and oxygen atoms in total. The highest BCUT2D eigenvalue weighted by atomic mass is 16.5. The molecule has 3 N–H and O–H groups in total. The topological polar surface area (TPSA) is 71.0 Å². The third-order valence-electron chi connectivity index (χ3n) is 2.49. The van der Waals surface area contributed by atoms with E-state index in [-0.39, 0.29) is 11.5 Å². The normalized spacial score (nSPS) is 10.7. The fourth-order valence-corrected chi connectivity index (χ4v) is 1.49. The number of hydrogen-bond donors (Lipinski definition) is 3. The van der Waals surface area contributed by atoms with Crippen molar-refractivity contribution in [3.05, 3.63) is 23.8 Å². The molecular weight excluding hydrogens is 234 g/mol. The largest absolute Gasteiger partial charge is 0.504 e. The number of aromatic hydroxyl groups is 2. The number of nitrogens with one attached hydrogen (secondary N) is 1. The van der Waals surface area contributed by atoms with Gasteiger partial charge >= 0.3 is 0 Å². The van der Waals surface area contributed by atoms with E-state index in [0.29, 0.717) is 31.9 Å². The highest BCUT2D eigenvalue weighted by Gasteiger charge is 2.04. The highest BCUT2D eigenvalue weighted by molar-refractivity contribution is 5.44. The quantitative estimate of drug-likeness (QED) is 0.457. The van der Waals surface area contributed by atoms with E-state index in [1.165, 1.54) is 6.07 Å². The van der Waals surface area contributed by atoms with Crippen molar-refractivity contribution in [2.75, 3.05) is 33.5 Å². The lowest BCUT2D eigenvalue weighted by molar-refractivity contribution is 0.0694. The molecule has 18 heavy (non-hydrogen) atoms. The van der Waals surface area contributed by atoms with Crippen molar-refractivity contribution in [3.8, 4) is 11.5 Å². The van der Waals surface area contributed by atoms with E-state index in [1.54, 1.807) is 19.2 Å². The Morgan fingerprint density at radius 2 is 2.00 bits per heavy atom. The van der Waals surface area contributed by atoms with Gasteiger partial charge in [0.1, 0.15) is 0 Å². The molecule has 0 bridgehead atoms. The molecule has 0 unspecified atom stereocenters. The number of benzene rings is 1. The molecule has 5 heteroatoms. The van der Waals surface area contributed by atoms with Gasteiger partial charge in [-0.2, -0.15) is 0 Å². The van der Waals surface area contributed by atoms with Gasteiger partial charge in [-0.1, -0.05) is 12.1 Å². The monoisotopic (exact) mass is 255 g/mol. The zero-order valence-electron chi connectivity index (χ0n) is 10.7. The number of rotatable bonds is 9. The van der Waals surface area contributed by atoms with Crippen molar-refractivity contribution in [2.45, 2.75) is 13.0 Å². The van der Waals surface area contributed by atoms with Gasteiger partial charge in [-0.3, -0.25) is 0 Å². The number of hydrogen-bond acceptors (Lipinski definition) is 5. The summed E-state index contributed by atoms with van der Waals surface area (Å²) >= 11 is 0. The van der Waals surface area contributed by atoms with Crippen LogP contribution in [0.5, 0.6) is 11.5 Å². The van der Waals surface area contributed by atoms with E-state index >= 15 is 0 Å². The van der Waals surface area contributed by atoms with Crippen LogP contribution >= 0.6 is 0 Å². The first-order chi connectivity index (χ1) is 8.75. The van der Waals surface area contributed by atoms with E-state index in [9.17, 15) is 10.2 Å². The van der Waals surface area contributed by atoms with Crippen molar-refractivity contribution >= 4 is 0 Å². The van der Waals surface area contributed by atoms with Crippen molar-refractivity contribution in [2.24, 2.45) is 0 Å². The Balaban J connectivity index is 2.09. The second-order valence-corrected chi connectivity index (χ2v) is 3.92. The van der Waals surface area contributed by atoms with Crippen LogP contribution in [0.15, 0.2) is 18.2 Å². The van der Waals surface area contributed by atoms with Gasteiger partial charge in [0, 0.05) is 25.8 Å². The fraction of sp³-hybridized carbons (Fsp3) is 0.538. The Morgan fingerprint density at radius 1 is 1.17 bits per heavy atom. The molecule has 0 aliphatic rings. The SMILES string of the molecule is COCCOCCCNCc1cccc(O)c1O. The molecule has 0 radical (unpaired) electrons. The van der Waals surface area contributed by atoms with E-state index in [0.717, 1.165) is 13.0 Å². The minimum atomic E-state index is -0.0859. The van der Waals surface area contributed by atoms with Crippen LogP contribution in [-0.2, 0) is 16.0 Å². The summed E-state index contributed by atoms with van der Waals surface area (Å²) in [4.78, 5) is 0. The molecule has 1 aromatic rings. The molecule has 1 rings (SSSR count). The minimum Gasteiger partial charge on any atom is -0.504 e. The molecular formula is C13H21NO4. The zero-order valence-corrected chi connectivity index (χ0v) is 10.7. The summed E-state index contributed by atoms with van der Waals surface area (Å²) in [7, 11) is 1.65. The van der Waals surface area contributed by atoms with Crippen LogP contribution in [0.25, 0.3) is 0 Å². The maximum Gasteiger partial charge on any atom is 0.161 e. The summed E-state index contributed by atoms with van der Waals surface area (Å²) < 4.78 is 10.2. The third-order valence-corrected chi connectivity index (χ3v) is 2.49. The molecule has 0 atom stereocenters. The lowest BCUT2D eigenvalue weighted by Crippen LogP contribution is -2.17. The molecule has 0 saturated heterocycles. The number of methoxy groups -OCH3 is 1. The van der Waals surface area contributed by atoms with Crippen molar-refractivity contribution in [1.29, 1.82) is 0 Å². The van der Waals surface area contributed by atoms with Crippen molar-refractivity contribution < 1.29 is 19.7 Å². The number of para-hydroxylation sites is 1. The first-order valence-electron chi connectivity index (χ1n) is 6.03. The standard InChI is InChI=1S/C13H21NO4/c1-17-8-9-18-7-3-6-14-10-11-4-2-5-12(15)13(11)16/h2,4-5,14-16H,3,6-10H2,1H3. The van der Waals surface area contributed by atoms with E-state index in [1.807, 2.05) is 0 Å². The Morgan fingerprint density at radius 3 is 2.78 bits per heavy atom. The maximum absolute atomic E-state index is 9.57. The van der Waals surface area contributed by atoms with Gasteiger partial charge in [-0.15, -0.1) is 0 Å². The summed E-state index contributed by atoms with van der Waals surface area (Å²) in [6, 6.07) is 4.94. The second kappa shape index (κ2) is 8.74. The molecule has 0 heterocycles. The molecule has 0 aliphatic heterocycles. The summed E-state index contributed by atoms with van der Waals surface area (Å²) in [6.45, 7) is 3.23. The Labute approximate surface area is 107 Å². The predicted octanol–water partition coefficient (Wildman–Crippen LogP) is 1.24. The van der Waals surface area contributed by atoms with Crippen LogP contribution < -0.4 is 5.32 Å². The van der Waals surface area contributed by atoms with Crippen LogP contribution in [0.4, 0.5) is 0 Å². The van der Waals surface area contributed by atoms with Gasteiger partial charge in [0.2, 0.25) is 0 Å². The number of ether oxygens (including phenoxy) is 2. The lowest BCUT2D eigenvalue weighted by Gasteiger charge is -2.08. The van der Waals surface area contributed by atoms with Crippen LogP contribution in [0.3, 0.4) is 0 Å². The third kappa shape index (κ3) is 5.35. The Bertz CT molecular complexity index is 344. The first-order valence-corrected chi connectivity index (χ1v) is 6.03. The van der Waals surface area contributed by atoms with Gasteiger partial charge in [0.25, 0.3) is 0 Å². The zero-order chi connectivity index (χ0) is 13.2. The first kappa shape index (κ1) is 14.8. The van der Waals surface area contributed by atoms with Crippen molar-refractivity contribution in [1.82, 2.24) is 5.32 Å². The minimum absolute atomic E-state index is 0.0543. The van der Waals surface area contributed by atoms with Crippen LogP contribution in [0.1, 0.15) is 12.0 Å². The summed E-state index contributed by atoms with van der Waals surface area (Å²) in [6.07, 6.45) is 0.892. The van der Waals surface area contributed by atoms with Gasteiger partial charge in [-0.05, 0) is 19.0 Å². The van der Waals surface area contributed by atoms with Crippen molar-refractivity contribution in [3.63, 3.8) is 0 Å². The maximum atomic E-state index is 9.57. The molecule has 0 saturated carbocycles. The van der Waals surface area contributed by atoms with E-state index < -0.39 is 0 Å². The summed E-state index contributed by atoms with van der Waals surface area (Å²) in [5.74, 6) is -0.140. The highest BCUT2D eigenvalue weighted by Crippen LogP contribution is 2.27. The lowest BCUT2D eigenvalue weighted by atomic mass is 10.2. The van der Waals surface area contributed by atoms with Crippen LogP contribution in [-0.4, -0.2) is 43.7 Å². The van der Waals surface area contributed by atoms with E-state index in [4.69, 9.17) is 9.47 Å². The van der Waals surface area contributed by atoms with Crippen LogP contribution in [0.2, 0.25) is 0 Å². The predicted molar refractivity (Wildman–Crippen MR) is 68.8 cm³/mol. The molecule has 0 amide bonds. The van der Waals surface area contributed by atoms with Gasteiger partial charge in [0.15, 0.2) is 11.5 Å². The fourth-order valence-electron chi connectivity index (χ4n) is 1.49. The van der Waals surface area contributed by atoms with Gasteiger partial charge < -0.3 is 25.0 Å². The van der Waals surface area contributed by atoms with Crippen LogP contribution in [0, 0.1) is 0 Å². The average molecular weight is 255 g/mol. The smallest absolute Gasteiger partial charge is 0.161 e. The molecule has 0 aliphatic carbocycles.